The number of nitrogens with one attached hydrogen (secondary N) is 1. The van der Waals surface area contributed by atoms with Gasteiger partial charge in [0.15, 0.2) is 0 Å². The lowest BCUT2D eigenvalue weighted by molar-refractivity contribution is 0.166. The number of hydrogen-bond acceptors (Lipinski definition) is 3. The fraction of sp³-hybridized carbons (Fsp3) is 0.667. The van der Waals surface area contributed by atoms with Crippen molar-refractivity contribution in [2.75, 3.05) is 19.0 Å². The van der Waals surface area contributed by atoms with Crippen molar-refractivity contribution in [3.05, 3.63) is 12.3 Å². The Hall–Kier alpha value is -1.56. The minimum atomic E-state index is -0.248. The first-order valence-corrected chi connectivity index (χ1v) is 6.12. The molecular weight excluding hydrogens is 232 g/mol. The van der Waals surface area contributed by atoms with E-state index < -0.39 is 0 Å². The fourth-order valence-corrected chi connectivity index (χ4v) is 1.45. The summed E-state index contributed by atoms with van der Waals surface area (Å²) in [6, 6.07) is 1.30. The summed E-state index contributed by atoms with van der Waals surface area (Å²) in [5, 5.41) is 16.0. The average Bonchev–Trinajstić information content (AvgIpc) is 2.73. The molecule has 0 radical (unpaired) electrons. The van der Waals surface area contributed by atoms with Crippen LogP contribution in [0, 0.1) is 5.92 Å². The third kappa shape index (κ3) is 3.73. The highest BCUT2D eigenvalue weighted by atomic mass is 16.3. The average molecular weight is 254 g/mol. The molecule has 0 fully saturated rings. The maximum absolute atomic E-state index is 11.9. The molecule has 18 heavy (non-hydrogen) atoms. The number of rotatable bonds is 5. The first-order valence-electron chi connectivity index (χ1n) is 6.12. The van der Waals surface area contributed by atoms with Crippen LogP contribution in [0.2, 0.25) is 0 Å². The Kier molecular flexibility index (Phi) is 5.15. The van der Waals surface area contributed by atoms with E-state index in [0.717, 1.165) is 6.54 Å². The molecule has 2 N–H and O–H groups in total. The summed E-state index contributed by atoms with van der Waals surface area (Å²) in [4.78, 5) is 13.4. The molecule has 1 rings (SSSR count). The fourth-order valence-electron chi connectivity index (χ4n) is 1.45. The first kappa shape index (κ1) is 14.5. The molecule has 1 heterocycles. The highest BCUT2D eigenvalue weighted by Crippen LogP contribution is 2.10. The summed E-state index contributed by atoms with van der Waals surface area (Å²) < 4.78 is 1.76. The van der Waals surface area contributed by atoms with Crippen molar-refractivity contribution in [3.63, 3.8) is 0 Å². The van der Waals surface area contributed by atoms with Gasteiger partial charge in [-0.25, -0.2) is 9.48 Å². The van der Waals surface area contributed by atoms with E-state index in [1.54, 1.807) is 30.9 Å². The van der Waals surface area contributed by atoms with Crippen molar-refractivity contribution in [3.8, 4) is 0 Å². The second kappa shape index (κ2) is 6.39. The molecule has 1 aromatic heterocycles. The SMILES string of the molecule is CC(C)Cn1nccc1NC(=O)N(C)C(C)CO. The molecule has 1 unspecified atom stereocenters. The molecular formula is C12H22N4O2. The number of carbonyl (C=O) groups excluding carboxylic acids is 1. The van der Waals surface area contributed by atoms with Crippen LogP contribution in [0.4, 0.5) is 10.6 Å². The Morgan fingerprint density at radius 3 is 2.78 bits per heavy atom. The van der Waals surface area contributed by atoms with Gasteiger partial charge in [0, 0.05) is 19.7 Å². The molecule has 0 spiro atoms. The summed E-state index contributed by atoms with van der Waals surface area (Å²) in [5.41, 5.74) is 0. The summed E-state index contributed by atoms with van der Waals surface area (Å²) in [6.45, 7) is 6.66. The number of likely N-dealkylation sites (N-methyl/N-ethyl adjacent to an activating group) is 1. The zero-order valence-corrected chi connectivity index (χ0v) is 11.4. The number of aliphatic hydroxyl groups is 1. The molecule has 1 aromatic rings. The molecule has 0 saturated heterocycles. The smallest absolute Gasteiger partial charge is 0.323 e. The van der Waals surface area contributed by atoms with Crippen LogP contribution in [0.15, 0.2) is 12.3 Å². The molecule has 2 amide bonds. The Morgan fingerprint density at radius 1 is 1.56 bits per heavy atom. The van der Waals surface area contributed by atoms with Crippen LogP contribution in [0.25, 0.3) is 0 Å². The van der Waals surface area contributed by atoms with E-state index in [9.17, 15) is 4.79 Å². The van der Waals surface area contributed by atoms with Gasteiger partial charge >= 0.3 is 6.03 Å². The molecule has 0 aliphatic rings. The van der Waals surface area contributed by atoms with E-state index in [-0.39, 0.29) is 18.7 Å². The van der Waals surface area contributed by atoms with E-state index >= 15 is 0 Å². The Morgan fingerprint density at radius 2 is 2.22 bits per heavy atom. The van der Waals surface area contributed by atoms with Crippen LogP contribution < -0.4 is 5.32 Å². The third-order valence-electron chi connectivity index (χ3n) is 2.74. The Balaban J connectivity index is 2.67. The van der Waals surface area contributed by atoms with Gasteiger partial charge in [-0.1, -0.05) is 13.8 Å². The van der Waals surface area contributed by atoms with Gasteiger partial charge in [0.2, 0.25) is 0 Å². The molecule has 0 saturated carbocycles. The lowest BCUT2D eigenvalue weighted by atomic mass is 10.2. The minimum Gasteiger partial charge on any atom is -0.394 e. The molecule has 0 bridgehead atoms. The Bertz CT molecular complexity index is 389. The van der Waals surface area contributed by atoms with E-state index in [0.29, 0.717) is 11.7 Å². The van der Waals surface area contributed by atoms with Crippen LogP contribution >= 0.6 is 0 Å². The number of aliphatic hydroxyl groups excluding tert-OH is 1. The van der Waals surface area contributed by atoms with Gasteiger partial charge in [-0.05, 0) is 12.8 Å². The van der Waals surface area contributed by atoms with Crippen molar-refractivity contribution in [1.82, 2.24) is 14.7 Å². The van der Waals surface area contributed by atoms with Crippen LogP contribution in [0.3, 0.4) is 0 Å². The van der Waals surface area contributed by atoms with Gasteiger partial charge in [0.05, 0.1) is 18.8 Å². The number of anilines is 1. The van der Waals surface area contributed by atoms with Crippen LogP contribution in [0.5, 0.6) is 0 Å². The van der Waals surface area contributed by atoms with Gasteiger partial charge in [0.1, 0.15) is 5.82 Å². The topological polar surface area (TPSA) is 70.4 Å². The van der Waals surface area contributed by atoms with Crippen LogP contribution in [-0.2, 0) is 6.54 Å². The normalized spacial score (nSPS) is 12.6. The predicted molar refractivity (Wildman–Crippen MR) is 70.4 cm³/mol. The number of carbonyl (C=O) groups is 1. The van der Waals surface area contributed by atoms with Gasteiger partial charge in [0.25, 0.3) is 0 Å². The molecule has 0 aromatic carbocycles. The summed E-state index contributed by atoms with van der Waals surface area (Å²) >= 11 is 0. The van der Waals surface area contributed by atoms with Crippen LogP contribution in [-0.4, -0.2) is 45.5 Å². The standard InChI is InChI=1S/C12H22N4O2/c1-9(2)7-16-11(5-6-13-16)14-12(18)15(4)10(3)8-17/h5-6,9-10,17H,7-8H2,1-4H3,(H,14,18). The lowest BCUT2D eigenvalue weighted by Crippen LogP contribution is -2.40. The van der Waals surface area contributed by atoms with Crippen molar-refractivity contribution in [2.45, 2.75) is 33.4 Å². The number of aromatic nitrogens is 2. The number of nitrogens with zero attached hydrogens (tertiary/aromatic N) is 3. The second-order valence-electron chi connectivity index (χ2n) is 4.87. The van der Waals surface area contributed by atoms with E-state index in [1.165, 1.54) is 4.90 Å². The summed E-state index contributed by atoms with van der Waals surface area (Å²) in [5.74, 6) is 1.13. The Labute approximate surface area is 108 Å². The largest absolute Gasteiger partial charge is 0.394 e. The lowest BCUT2D eigenvalue weighted by Gasteiger charge is -2.23. The molecule has 102 valence electrons. The molecule has 1 atom stereocenters. The summed E-state index contributed by atoms with van der Waals surface area (Å²) in [7, 11) is 1.65. The molecule has 0 aliphatic carbocycles. The van der Waals surface area contributed by atoms with Gasteiger partial charge in [-0.3, -0.25) is 5.32 Å². The van der Waals surface area contributed by atoms with Gasteiger partial charge in [-0.2, -0.15) is 5.10 Å². The van der Waals surface area contributed by atoms with Crippen LogP contribution in [0.1, 0.15) is 20.8 Å². The highest BCUT2D eigenvalue weighted by Gasteiger charge is 2.16. The minimum absolute atomic E-state index is 0.0603. The number of hydrogen-bond donors (Lipinski definition) is 2. The molecule has 6 heteroatoms. The predicted octanol–water partition coefficient (Wildman–Crippen LogP) is 1.38. The van der Waals surface area contributed by atoms with Crippen molar-refractivity contribution in [2.24, 2.45) is 5.92 Å². The quantitative estimate of drug-likeness (QED) is 0.834. The number of urea groups is 1. The van der Waals surface area contributed by atoms with Crippen molar-refractivity contribution >= 4 is 11.8 Å². The maximum Gasteiger partial charge on any atom is 0.323 e. The summed E-state index contributed by atoms with van der Waals surface area (Å²) in [6.07, 6.45) is 1.66. The second-order valence-corrected chi connectivity index (χ2v) is 4.87. The van der Waals surface area contributed by atoms with E-state index in [2.05, 4.69) is 24.3 Å². The van der Waals surface area contributed by atoms with Crippen molar-refractivity contribution in [1.29, 1.82) is 0 Å². The first-order chi connectivity index (χ1) is 8.45. The monoisotopic (exact) mass is 254 g/mol. The van der Waals surface area contributed by atoms with Crippen molar-refractivity contribution < 1.29 is 9.90 Å². The maximum atomic E-state index is 11.9. The van der Waals surface area contributed by atoms with Gasteiger partial charge in [-0.15, -0.1) is 0 Å². The van der Waals surface area contributed by atoms with E-state index in [4.69, 9.17) is 5.11 Å². The number of amides is 2. The van der Waals surface area contributed by atoms with E-state index in [1.807, 2.05) is 0 Å². The highest BCUT2D eigenvalue weighted by molar-refractivity contribution is 5.88. The molecule has 6 nitrogen and oxygen atoms in total. The zero-order chi connectivity index (χ0) is 13.7. The third-order valence-corrected chi connectivity index (χ3v) is 2.74. The zero-order valence-electron chi connectivity index (χ0n) is 11.4. The molecule has 0 aliphatic heterocycles. The van der Waals surface area contributed by atoms with Gasteiger partial charge < -0.3 is 10.0 Å².